The summed E-state index contributed by atoms with van der Waals surface area (Å²) >= 11 is 0. The summed E-state index contributed by atoms with van der Waals surface area (Å²) in [6, 6.07) is 2.69. The first-order chi connectivity index (χ1) is 8.08. The van der Waals surface area contributed by atoms with E-state index in [4.69, 9.17) is 0 Å². The van der Waals surface area contributed by atoms with Crippen molar-refractivity contribution >= 4 is 5.91 Å². The Morgan fingerprint density at radius 1 is 1.65 bits per heavy atom. The normalized spacial score (nSPS) is 21.5. The van der Waals surface area contributed by atoms with Crippen LogP contribution in [0.2, 0.25) is 0 Å². The van der Waals surface area contributed by atoms with Crippen LogP contribution in [0.1, 0.15) is 23.8 Å². The predicted molar refractivity (Wildman–Crippen MR) is 60.5 cm³/mol. The summed E-state index contributed by atoms with van der Waals surface area (Å²) in [6.45, 7) is 2.89. The van der Waals surface area contributed by atoms with Crippen molar-refractivity contribution in [3.8, 4) is 0 Å². The molecule has 1 aromatic rings. The minimum absolute atomic E-state index is 0.127. The van der Waals surface area contributed by atoms with Crippen LogP contribution in [-0.2, 0) is 0 Å². The average Bonchev–Trinajstić information content (AvgIpc) is 2.78. The van der Waals surface area contributed by atoms with Gasteiger partial charge in [-0.05, 0) is 19.4 Å². The van der Waals surface area contributed by atoms with Gasteiger partial charge >= 0.3 is 0 Å². The summed E-state index contributed by atoms with van der Waals surface area (Å²) in [6.07, 6.45) is 0.392. The Hall–Kier alpha value is -1.69. The Bertz CT molecular complexity index is 449. The number of rotatable bonds is 2. The molecule has 2 heterocycles. The fourth-order valence-electron chi connectivity index (χ4n) is 1.99. The number of nitrogens with one attached hydrogen (secondary N) is 1. The fourth-order valence-corrected chi connectivity index (χ4v) is 1.99. The number of carbonyl (C=O) groups excluding carboxylic acids is 1. The van der Waals surface area contributed by atoms with Crippen molar-refractivity contribution in [2.75, 3.05) is 13.1 Å². The molecule has 0 spiro atoms. The highest BCUT2D eigenvalue weighted by molar-refractivity contribution is 5.92. The number of carbonyl (C=O) groups is 1. The van der Waals surface area contributed by atoms with Crippen molar-refractivity contribution in [3.63, 3.8) is 0 Å². The summed E-state index contributed by atoms with van der Waals surface area (Å²) < 4.78 is 0. The second-order valence-electron chi connectivity index (χ2n) is 4.35. The third kappa shape index (κ3) is 2.52. The molecule has 0 aromatic carbocycles. The van der Waals surface area contributed by atoms with Crippen molar-refractivity contribution in [2.24, 2.45) is 5.92 Å². The molecular formula is C11H15N3O3. The van der Waals surface area contributed by atoms with Crippen LogP contribution < -0.4 is 5.56 Å². The molecule has 0 aliphatic carbocycles. The van der Waals surface area contributed by atoms with Crippen LogP contribution >= 0.6 is 0 Å². The molecular weight excluding hydrogens is 222 g/mol. The Kier molecular flexibility index (Phi) is 3.23. The Balaban J connectivity index is 2.07. The first-order valence-electron chi connectivity index (χ1n) is 5.61. The van der Waals surface area contributed by atoms with Crippen LogP contribution in [0, 0.1) is 5.92 Å². The molecule has 0 saturated carbocycles. The minimum Gasteiger partial charge on any atom is -0.393 e. The third-order valence-corrected chi connectivity index (χ3v) is 3.09. The zero-order valence-corrected chi connectivity index (χ0v) is 9.59. The average molecular weight is 237 g/mol. The third-order valence-electron chi connectivity index (χ3n) is 3.09. The highest BCUT2D eigenvalue weighted by Crippen LogP contribution is 2.20. The molecule has 1 amide bonds. The topological polar surface area (TPSA) is 86.3 Å². The van der Waals surface area contributed by atoms with Crippen LogP contribution in [0.5, 0.6) is 0 Å². The smallest absolute Gasteiger partial charge is 0.274 e. The molecule has 2 N–H and O–H groups in total. The van der Waals surface area contributed by atoms with Crippen molar-refractivity contribution in [1.82, 2.24) is 15.1 Å². The summed E-state index contributed by atoms with van der Waals surface area (Å²) in [7, 11) is 0. The first kappa shape index (κ1) is 11.8. The number of aliphatic hydroxyl groups is 1. The largest absolute Gasteiger partial charge is 0.393 e. The number of aliphatic hydroxyl groups excluding tert-OH is 1. The van der Waals surface area contributed by atoms with E-state index >= 15 is 0 Å². The Labute approximate surface area is 98.3 Å². The lowest BCUT2D eigenvalue weighted by Gasteiger charge is -2.16. The number of hydrogen-bond donors (Lipinski definition) is 2. The number of amides is 1. The zero-order chi connectivity index (χ0) is 12.4. The van der Waals surface area contributed by atoms with Crippen LogP contribution in [0.15, 0.2) is 16.9 Å². The first-order valence-corrected chi connectivity index (χ1v) is 5.61. The molecule has 0 bridgehead atoms. The summed E-state index contributed by atoms with van der Waals surface area (Å²) in [5, 5.41) is 15.4. The number of likely N-dealkylation sites (tertiary alicyclic amines) is 1. The second-order valence-corrected chi connectivity index (χ2v) is 4.35. The molecule has 1 fully saturated rings. The second kappa shape index (κ2) is 4.67. The minimum atomic E-state index is -0.406. The predicted octanol–water partition coefficient (Wildman–Crippen LogP) is -0.387. The van der Waals surface area contributed by atoms with Gasteiger partial charge in [-0.25, -0.2) is 5.10 Å². The van der Waals surface area contributed by atoms with Crippen LogP contribution in [0.25, 0.3) is 0 Å². The lowest BCUT2D eigenvalue weighted by Crippen LogP contribution is -2.31. The SMILES string of the molecule is CC(O)C1CCN(C(=O)c2ccc(=O)[nH]n2)C1. The van der Waals surface area contributed by atoms with E-state index in [1.165, 1.54) is 12.1 Å². The van der Waals surface area contributed by atoms with Gasteiger partial charge < -0.3 is 10.0 Å². The highest BCUT2D eigenvalue weighted by atomic mass is 16.3. The van der Waals surface area contributed by atoms with Gasteiger partial charge in [0.1, 0.15) is 5.69 Å². The van der Waals surface area contributed by atoms with Gasteiger partial charge in [-0.3, -0.25) is 9.59 Å². The van der Waals surface area contributed by atoms with Crippen LogP contribution in [0.4, 0.5) is 0 Å². The van der Waals surface area contributed by atoms with E-state index in [9.17, 15) is 14.7 Å². The summed E-state index contributed by atoms with van der Waals surface area (Å²) in [5.74, 6) is -0.0777. The number of H-pyrrole nitrogens is 1. The number of nitrogens with zero attached hydrogens (tertiary/aromatic N) is 2. The van der Waals surface area contributed by atoms with Gasteiger partial charge in [0.25, 0.3) is 11.5 Å². The maximum absolute atomic E-state index is 12.0. The van der Waals surface area contributed by atoms with Crippen molar-refractivity contribution in [1.29, 1.82) is 0 Å². The van der Waals surface area contributed by atoms with E-state index in [0.29, 0.717) is 13.1 Å². The van der Waals surface area contributed by atoms with E-state index in [-0.39, 0.29) is 23.1 Å². The zero-order valence-electron chi connectivity index (χ0n) is 9.59. The molecule has 17 heavy (non-hydrogen) atoms. The fraction of sp³-hybridized carbons (Fsp3) is 0.545. The molecule has 6 nitrogen and oxygen atoms in total. The number of aromatic nitrogens is 2. The van der Waals surface area contributed by atoms with Crippen LogP contribution in [0.3, 0.4) is 0 Å². The van der Waals surface area contributed by atoms with Crippen molar-refractivity contribution in [3.05, 3.63) is 28.2 Å². The van der Waals surface area contributed by atoms with Crippen molar-refractivity contribution in [2.45, 2.75) is 19.4 Å². The molecule has 1 aromatic heterocycles. The van der Waals surface area contributed by atoms with Gasteiger partial charge in [0.05, 0.1) is 6.10 Å². The lowest BCUT2D eigenvalue weighted by molar-refractivity contribution is 0.0755. The molecule has 2 unspecified atom stereocenters. The molecule has 6 heteroatoms. The van der Waals surface area contributed by atoms with Gasteiger partial charge in [0.15, 0.2) is 0 Å². The van der Waals surface area contributed by atoms with E-state index < -0.39 is 6.10 Å². The Morgan fingerprint density at radius 3 is 2.94 bits per heavy atom. The van der Waals surface area contributed by atoms with Crippen molar-refractivity contribution < 1.29 is 9.90 Å². The molecule has 0 radical (unpaired) electrons. The van der Waals surface area contributed by atoms with Gasteiger partial charge in [0, 0.05) is 25.1 Å². The monoisotopic (exact) mass is 237 g/mol. The summed E-state index contributed by atoms with van der Waals surface area (Å²) in [5.41, 5.74) is -0.0966. The molecule has 1 saturated heterocycles. The molecule has 2 atom stereocenters. The highest BCUT2D eigenvalue weighted by Gasteiger charge is 2.30. The molecule has 92 valence electrons. The van der Waals surface area contributed by atoms with E-state index in [1.807, 2.05) is 0 Å². The van der Waals surface area contributed by atoms with E-state index in [0.717, 1.165) is 6.42 Å². The lowest BCUT2D eigenvalue weighted by atomic mass is 10.0. The maximum atomic E-state index is 12.0. The summed E-state index contributed by atoms with van der Waals surface area (Å²) in [4.78, 5) is 24.5. The molecule has 1 aliphatic rings. The van der Waals surface area contributed by atoms with E-state index in [1.54, 1.807) is 11.8 Å². The van der Waals surface area contributed by atoms with Gasteiger partial charge in [-0.15, -0.1) is 0 Å². The van der Waals surface area contributed by atoms with Crippen LogP contribution in [-0.4, -0.2) is 45.3 Å². The number of aromatic amines is 1. The van der Waals surface area contributed by atoms with Gasteiger partial charge in [0.2, 0.25) is 0 Å². The van der Waals surface area contributed by atoms with Gasteiger partial charge in [-0.2, -0.15) is 5.10 Å². The van der Waals surface area contributed by atoms with E-state index in [2.05, 4.69) is 10.2 Å². The molecule has 1 aliphatic heterocycles. The van der Waals surface area contributed by atoms with Gasteiger partial charge in [-0.1, -0.05) is 0 Å². The Morgan fingerprint density at radius 2 is 2.41 bits per heavy atom. The quantitative estimate of drug-likeness (QED) is 0.733. The number of hydrogen-bond acceptors (Lipinski definition) is 4. The molecule has 2 rings (SSSR count). The standard InChI is InChI=1S/C11H15N3O3/c1-7(15)8-4-5-14(6-8)11(17)9-2-3-10(16)13-12-9/h2-3,7-8,15H,4-6H2,1H3,(H,13,16). The maximum Gasteiger partial charge on any atom is 0.274 e.